The van der Waals surface area contributed by atoms with Gasteiger partial charge in [0.2, 0.25) is 5.91 Å². The summed E-state index contributed by atoms with van der Waals surface area (Å²) < 4.78 is 0. The second kappa shape index (κ2) is 5.51. The second-order valence-corrected chi connectivity index (χ2v) is 4.01. The Balaban J connectivity index is 2.28. The smallest absolute Gasteiger partial charge is 0.238 e. The number of likely N-dealkylation sites (N-methyl/N-ethyl adjacent to an activating group) is 1. The lowest BCUT2D eigenvalue weighted by Gasteiger charge is -2.09. The predicted molar refractivity (Wildman–Crippen MR) is 72.8 cm³/mol. The van der Waals surface area contributed by atoms with Gasteiger partial charge in [-0.1, -0.05) is 31.2 Å². The van der Waals surface area contributed by atoms with E-state index in [0.29, 0.717) is 5.69 Å². The Kier molecular flexibility index (Phi) is 3.79. The zero-order valence-electron chi connectivity index (χ0n) is 10.2. The van der Waals surface area contributed by atoms with Crippen LogP contribution in [0.1, 0.15) is 6.92 Å². The quantitative estimate of drug-likeness (QED) is 0.771. The fourth-order valence-corrected chi connectivity index (χ4v) is 1.84. The highest BCUT2D eigenvalue weighted by atomic mass is 16.3. The number of amides is 1. The summed E-state index contributed by atoms with van der Waals surface area (Å²) in [5.41, 5.74) is 0.714. The highest BCUT2D eigenvalue weighted by Gasteiger charge is 2.06. The van der Waals surface area contributed by atoms with Crippen LogP contribution in [0.3, 0.4) is 0 Å². The summed E-state index contributed by atoms with van der Waals surface area (Å²) >= 11 is 0. The molecule has 0 aliphatic carbocycles. The molecule has 0 heterocycles. The van der Waals surface area contributed by atoms with Crippen molar-refractivity contribution in [2.75, 3.05) is 18.4 Å². The van der Waals surface area contributed by atoms with Crippen LogP contribution in [-0.2, 0) is 4.79 Å². The van der Waals surface area contributed by atoms with Gasteiger partial charge in [-0.3, -0.25) is 4.79 Å². The molecular weight excluding hydrogens is 228 g/mol. The van der Waals surface area contributed by atoms with E-state index in [1.54, 1.807) is 12.1 Å². The third-order valence-corrected chi connectivity index (χ3v) is 2.71. The average molecular weight is 244 g/mol. The van der Waals surface area contributed by atoms with Crippen LogP contribution >= 0.6 is 0 Å². The number of nitrogens with one attached hydrogen (secondary N) is 2. The molecule has 94 valence electrons. The number of carbonyl (C=O) groups excluding carboxylic acids is 1. The number of carbonyl (C=O) groups is 1. The van der Waals surface area contributed by atoms with E-state index in [0.717, 1.165) is 17.3 Å². The van der Waals surface area contributed by atoms with Gasteiger partial charge in [-0.2, -0.15) is 0 Å². The molecule has 1 amide bonds. The first-order chi connectivity index (χ1) is 8.72. The van der Waals surface area contributed by atoms with Crippen LogP contribution in [0.25, 0.3) is 10.8 Å². The number of phenolic OH excluding ortho intramolecular Hbond substituents is 1. The van der Waals surface area contributed by atoms with E-state index in [2.05, 4.69) is 10.6 Å². The topological polar surface area (TPSA) is 61.4 Å². The van der Waals surface area contributed by atoms with Gasteiger partial charge < -0.3 is 15.7 Å². The van der Waals surface area contributed by atoms with Crippen LogP contribution in [0.15, 0.2) is 36.4 Å². The van der Waals surface area contributed by atoms with Crippen molar-refractivity contribution in [3.63, 3.8) is 0 Å². The molecule has 2 aromatic carbocycles. The molecule has 4 heteroatoms. The van der Waals surface area contributed by atoms with E-state index in [1.807, 2.05) is 31.2 Å². The van der Waals surface area contributed by atoms with Crippen LogP contribution in [0.5, 0.6) is 5.75 Å². The third-order valence-electron chi connectivity index (χ3n) is 2.71. The maximum Gasteiger partial charge on any atom is 0.238 e. The fourth-order valence-electron chi connectivity index (χ4n) is 1.84. The molecule has 0 saturated carbocycles. The van der Waals surface area contributed by atoms with Crippen molar-refractivity contribution in [2.45, 2.75) is 6.92 Å². The minimum absolute atomic E-state index is 0.0901. The molecule has 0 saturated heterocycles. The minimum Gasteiger partial charge on any atom is -0.507 e. The van der Waals surface area contributed by atoms with Gasteiger partial charge in [0.05, 0.1) is 6.54 Å². The Morgan fingerprint density at radius 2 is 1.89 bits per heavy atom. The lowest BCUT2D eigenvalue weighted by atomic mass is 10.1. The van der Waals surface area contributed by atoms with Gasteiger partial charge in [0, 0.05) is 16.5 Å². The molecule has 0 fully saturated rings. The molecule has 0 radical (unpaired) electrons. The number of aromatic hydroxyl groups is 1. The molecule has 18 heavy (non-hydrogen) atoms. The van der Waals surface area contributed by atoms with Crippen LogP contribution in [0.2, 0.25) is 0 Å². The summed E-state index contributed by atoms with van der Waals surface area (Å²) in [7, 11) is 0. The van der Waals surface area contributed by atoms with Gasteiger partial charge in [0.25, 0.3) is 0 Å². The fraction of sp³-hybridized carbons (Fsp3) is 0.214. The van der Waals surface area contributed by atoms with Gasteiger partial charge in [-0.05, 0) is 18.7 Å². The predicted octanol–water partition coefficient (Wildman–Crippen LogP) is 2.09. The number of anilines is 1. The molecule has 2 aromatic rings. The van der Waals surface area contributed by atoms with Crippen molar-refractivity contribution in [2.24, 2.45) is 0 Å². The molecule has 0 aliphatic heterocycles. The maximum absolute atomic E-state index is 11.7. The van der Waals surface area contributed by atoms with E-state index >= 15 is 0 Å². The molecule has 0 unspecified atom stereocenters. The molecule has 0 atom stereocenters. The van der Waals surface area contributed by atoms with E-state index in [-0.39, 0.29) is 18.2 Å². The summed E-state index contributed by atoms with van der Waals surface area (Å²) in [6.45, 7) is 2.98. The molecule has 0 bridgehead atoms. The van der Waals surface area contributed by atoms with E-state index in [4.69, 9.17) is 0 Å². The number of phenols is 1. The summed E-state index contributed by atoms with van der Waals surface area (Å²) in [6.07, 6.45) is 0. The lowest BCUT2D eigenvalue weighted by Crippen LogP contribution is -2.27. The van der Waals surface area contributed by atoms with Crippen LogP contribution in [0, 0.1) is 0 Å². The van der Waals surface area contributed by atoms with Gasteiger partial charge in [-0.15, -0.1) is 0 Å². The van der Waals surface area contributed by atoms with Crippen molar-refractivity contribution < 1.29 is 9.90 Å². The lowest BCUT2D eigenvalue weighted by molar-refractivity contribution is -0.115. The second-order valence-electron chi connectivity index (χ2n) is 4.01. The number of benzene rings is 2. The van der Waals surface area contributed by atoms with Gasteiger partial charge in [0.1, 0.15) is 5.75 Å². The first-order valence-corrected chi connectivity index (χ1v) is 5.93. The largest absolute Gasteiger partial charge is 0.507 e. The molecule has 0 aliphatic rings. The number of hydrogen-bond acceptors (Lipinski definition) is 3. The average Bonchev–Trinajstić information content (AvgIpc) is 2.38. The summed E-state index contributed by atoms with van der Waals surface area (Å²) in [6, 6.07) is 10.7. The Hall–Kier alpha value is -2.07. The monoisotopic (exact) mass is 244 g/mol. The molecule has 2 rings (SSSR count). The molecule has 3 N–H and O–H groups in total. The van der Waals surface area contributed by atoms with Crippen LogP contribution in [0.4, 0.5) is 5.69 Å². The van der Waals surface area contributed by atoms with Crippen LogP contribution < -0.4 is 10.6 Å². The summed E-state index contributed by atoms with van der Waals surface area (Å²) in [4.78, 5) is 11.7. The zero-order valence-corrected chi connectivity index (χ0v) is 10.2. The first kappa shape index (κ1) is 12.4. The Morgan fingerprint density at radius 3 is 2.67 bits per heavy atom. The molecule has 0 aromatic heterocycles. The van der Waals surface area contributed by atoms with Gasteiger partial charge in [-0.25, -0.2) is 0 Å². The normalized spacial score (nSPS) is 10.5. The summed E-state index contributed by atoms with van der Waals surface area (Å²) in [5, 5.41) is 17.1. The van der Waals surface area contributed by atoms with E-state index in [1.165, 1.54) is 0 Å². The van der Waals surface area contributed by atoms with Crippen LogP contribution in [-0.4, -0.2) is 24.1 Å². The van der Waals surface area contributed by atoms with E-state index in [9.17, 15) is 9.90 Å². The summed E-state index contributed by atoms with van der Waals surface area (Å²) in [5.74, 6) is 0.128. The molecular formula is C14H16N2O2. The number of rotatable bonds is 4. The Labute approximate surface area is 106 Å². The van der Waals surface area contributed by atoms with E-state index < -0.39 is 0 Å². The zero-order chi connectivity index (χ0) is 13.0. The van der Waals surface area contributed by atoms with Gasteiger partial charge >= 0.3 is 0 Å². The standard InChI is InChI=1S/C14H16N2O2/c1-2-15-9-14(18)16-12-7-3-6-11-10(12)5-4-8-13(11)17/h3-8,15,17H,2,9H2,1H3,(H,16,18). The highest BCUT2D eigenvalue weighted by molar-refractivity contribution is 6.04. The van der Waals surface area contributed by atoms with Gasteiger partial charge in [0.15, 0.2) is 0 Å². The minimum atomic E-state index is -0.0901. The SMILES string of the molecule is CCNCC(=O)Nc1cccc2c(O)cccc12. The highest BCUT2D eigenvalue weighted by Crippen LogP contribution is 2.29. The molecule has 4 nitrogen and oxygen atoms in total. The maximum atomic E-state index is 11.7. The molecule has 0 spiro atoms. The van der Waals surface area contributed by atoms with Crippen molar-refractivity contribution in [3.8, 4) is 5.75 Å². The van der Waals surface area contributed by atoms with Crippen molar-refractivity contribution >= 4 is 22.4 Å². The number of hydrogen-bond donors (Lipinski definition) is 3. The van der Waals surface area contributed by atoms with Crippen molar-refractivity contribution in [1.82, 2.24) is 5.32 Å². The number of fused-ring (bicyclic) bond motifs is 1. The first-order valence-electron chi connectivity index (χ1n) is 5.93. The third kappa shape index (κ3) is 2.60. The Morgan fingerprint density at radius 1 is 1.17 bits per heavy atom. The Bertz CT molecular complexity index is 567. The van der Waals surface area contributed by atoms with Crippen molar-refractivity contribution in [1.29, 1.82) is 0 Å². The van der Waals surface area contributed by atoms with Crippen molar-refractivity contribution in [3.05, 3.63) is 36.4 Å².